The van der Waals surface area contributed by atoms with E-state index in [1.807, 2.05) is 0 Å². The fraction of sp³-hybridized carbons (Fsp3) is 0. The van der Waals surface area contributed by atoms with Gasteiger partial charge in [-0.3, -0.25) is 4.79 Å². The van der Waals surface area contributed by atoms with Crippen LogP contribution in [0.3, 0.4) is 0 Å². The Labute approximate surface area is 98.7 Å². The van der Waals surface area contributed by atoms with Crippen LogP contribution < -0.4 is 0 Å². The summed E-state index contributed by atoms with van der Waals surface area (Å²) in [5.41, 5.74) is 0.625. The molecular weight excluding hydrogens is 279 g/mol. The van der Waals surface area contributed by atoms with Crippen molar-refractivity contribution in [2.24, 2.45) is 0 Å². The quantitative estimate of drug-likeness (QED) is 0.765. The first kappa shape index (κ1) is 10.5. The normalized spacial score (nSPS) is 10.3. The molecule has 1 nitrogen and oxygen atoms in total. The summed E-state index contributed by atoms with van der Waals surface area (Å²) < 4.78 is 14.1. The van der Waals surface area contributed by atoms with E-state index < -0.39 is 5.82 Å². The monoisotopic (exact) mass is 284 g/mol. The third-order valence-corrected chi connectivity index (χ3v) is 3.13. The van der Waals surface area contributed by atoms with Crippen molar-refractivity contribution in [2.45, 2.75) is 0 Å². The molecule has 15 heavy (non-hydrogen) atoms. The Bertz CT molecular complexity index is 493. The van der Waals surface area contributed by atoms with Crippen LogP contribution in [0.2, 0.25) is 0 Å². The first-order valence-corrected chi connectivity index (χ1v) is 5.94. The molecule has 0 aliphatic carbocycles. The van der Waals surface area contributed by atoms with Gasteiger partial charge in [-0.15, -0.1) is 0 Å². The SMILES string of the molecule is O=C(c1ccsc1)c1cc(Br)ccc1F. The summed E-state index contributed by atoms with van der Waals surface area (Å²) in [6.07, 6.45) is 0. The van der Waals surface area contributed by atoms with Crippen LogP contribution in [-0.4, -0.2) is 5.78 Å². The van der Waals surface area contributed by atoms with Gasteiger partial charge in [0.1, 0.15) is 5.82 Å². The molecule has 2 rings (SSSR count). The summed E-state index contributed by atoms with van der Waals surface area (Å²) in [4.78, 5) is 11.8. The van der Waals surface area contributed by atoms with Crippen LogP contribution in [0.25, 0.3) is 0 Å². The Hall–Kier alpha value is -1.00. The number of benzene rings is 1. The highest BCUT2D eigenvalue weighted by molar-refractivity contribution is 9.10. The molecule has 0 radical (unpaired) electrons. The number of hydrogen-bond acceptors (Lipinski definition) is 2. The molecule has 0 atom stereocenters. The first-order valence-electron chi connectivity index (χ1n) is 4.20. The third kappa shape index (κ3) is 2.16. The number of hydrogen-bond donors (Lipinski definition) is 0. The molecule has 76 valence electrons. The van der Waals surface area contributed by atoms with Gasteiger partial charge in [-0.05, 0) is 29.6 Å². The zero-order valence-corrected chi connectivity index (χ0v) is 9.94. The van der Waals surface area contributed by atoms with Gasteiger partial charge in [0.25, 0.3) is 0 Å². The summed E-state index contributed by atoms with van der Waals surface area (Å²) in [5, 5.41) is 3.51. The molecule has 0 unspecified atom stereocenters. The smallest absolute Gasteiger partial charge is 0.196 e. The summed E-state index contributed by atoms with van der Waals surface area (Å²) in [5.74, 6) is -0.774. The molecule has 0 aliphatic heterocycles. The molecule has 1 heterocycles. The topological polar surface area (TPSA) is 17.1 Å². The van der Waals surface area contributed by atoms with Crippen LogP contribution in [0.5, 0.6) is 0 Å². The van der Waals surface area contributed by atoms with Crippen molar-refractivity contribution in [1.29, 1.82) is 0 Å². The maximum Gasteiger partial charge on any atom is 0.196 e. The number of halogens is 2. The van der Waals surface area contributed by atoms with Crippen molar-refractivity contribution in [2.75, 3.05) is 0 Å². The average Bonchev–Trinajstić information content (AvgIpc) is 2.74. The number of rotatable bonds is 2. The van der Waals surface area contributed by atoms with Gasteiger partial charge in [-0.1, -0.05) is 15.9 Å². The summed E-state index contributed by atoms with van der Waals surface area (Å²) in [6.45, 7) is 0. The van der Waals surface area contributed by atoms with E-state index in [0.29, 0.717) is 10.0 Å². The zero-order chi connectivity index (χ0) is 10.8. The molecule has 0 N–H and O–H groups in total. The van der Waals surface area contributed by atoms with E-state index in [1.165, 1.54) is 23.5 Å². The van der Waals surface area contributed by atoms with Gasteiger partial charge in [0, 0.05) is 15.4 Å². The highest BCUT2D eigenvalue weighted by Crippen LogP contribution is 2.19. The standard InChI is InChI=1S/C11H6BrFOS/c12-8-1-2-10(13)9(5-8)11(14)7-3-4-15-6-7/h1-6H. The summed E-state index contributed by atoms with van der Waals surface area (Å²) in [6, 6.07) is 6.03. The van der Waals surface area contributed by atoms with Crippen LogP contribution in [0.1, 0.15) is 15.9 Å². The van der Waals surface area contributed by atoms with Gasteiger partial charge in [-0.2, -0.15) is 11.3 Å². The van der Waals surface area contributed by atoms with Crippen molar-refractivity contribution in [3.63, 3.8) is 0 Å². The maximum absolute atomic E-state index is 13.4. The fourth-order valence-corrected chi connectivity index (χ4v) is 2.22. The van der Waals surface area contributed by atoms with Gasteiger partial charge in [-0.25, -0.2) is 4.39 Å². The highest BCUT2D eigenvalue weighted by atomic mass is 79.9. The lowest BCUT2D eigenvalue weighted by Crippen LogP contribution is -2.02. The molecule has 0 fully saturated rings. The van der Waals surface area contributed by atoms with Crippen LogP contribution in [0.15, 0.2) is 39.5 Å². The van der Waals surface area contributed by atoms with Crippen LogP contribution in [0, 0.1) is 5.82 Å². The number of thiophene rings is 1. The predicted molar refractivity (Wildman–Crippen MR) is 61.9 cm³/mol. The van der Waals surface area contributed by atoms with Crippen molar-refractivity contribution in [1.82, 2.24) is 0 Å². The van der Waals surface area contributed by atoms with Crippen molar-refractivity contribution < 1.29 is 9.18 Å². The molecule has 0 amide bonds. The lowest BCUT2D eigenvalue weighted by Gasteiger charge is -2.01. The van der Waals surface area contributed by atoms with E-state index in [0.717, 1.165) is 0 Å². The van der Waals surface area contributed by atoms with Gasteiger partial charge in [0.15, 0.2) is 5.78 Å². The fourth-order valence-electron chi connectivity index (χ4n) is 1.22. The molecule has 0 spiro atoms. The molecule has 2 aromatic rings. The molecule has 0 saturated heterocycles. The number of ketones is 1. The number of carbonyl (C=O) groups is 1. The van der Waals surface area contributed by atoms with Gasteiger partial charge < -0.3 is 0 Å². The lowest BCUT2D eigenvalue weighted by molar-refractivity contribution is 0.103. The van der Waals surface area contributed by atoms with Gasteiger partial charge >= 0.3 is 0 Å². The molecular formula is C11H6BrFOS. The Kier molecular flexibility index (Phi) is 2.98. The molecule has 1 aromatic carbocycles. The van der Waals surface area contributed by atoms with Gasteiger partial charge in [0.05, 0.1) is 5.56 Å². The van der Waals surface area contributed by atoms with E-state index in [-0.39, 0.29) is 11.3 Å². The molecule has 0 saturated carbocycles. The Morgan fingerprint density at radius 3 is 2.80 bits per heavy atom. The largest absolute Gasteiger partial charge is 0.288 e. The van der Waals surface area contributed by atoms with Crippen molar-refractivity contribution in [3.05, 3.63) is 56.4 Å². The van der Waals surface area contributed by atoms with Crippen LogP contribution >= 0.6 is 27.3 Å². The Morgan fingerprint density at radius 2 is 2.13 bits per heavy atom. The summed E-state index contributed by atoms with van der Waals surface area (Å²) >= 11 is 4.63. The van der Waals surface area contributed by atoms with E-state index in [1.54, 1.807) is 22.9 Å². The Balaban J connectivity index is 2.46. The zero-order valence-electron chi connectivity index (χ0n) is 7.54. The minimum absolute atomic E-state index is 0.0998. The van der Waals surface area contributed by atoms with E-state index in [2.05, 4.69) is 15.9 Å². The van der Waals surface area contributed by atoms with E-state index >= 15 is 0 Å². The predicted octanol–water partition coefficient (Wildman–Crippen LogP) is 3.88. The number of carbonyl (C=O) groups excluding carboxylic acids is 1. The highest BCUT2D eigenvalue weighted by Gasteiger charge is 2.14. The van der Waals surface area contributed by atoms with Crippen molar-refractivity contribution >= 4 is 33.0 Å². The molecule has 1 aromatic heterocycles. The van der Waals surface area contributed by atoms with Crippen molar-refractivity contribution in [3.8, 4) is 0 Å². The minimum Gasteiger partial charge on any atom is -0.288 e. The van der Waals surface area contributed by atoms with Crippen LogP contribution in [-0.2, 0) is 0 Å². The first-order chi connectivity index (χ1) is 7.18. The van der Waals surface area contributed by atoms with Crippen LogP contribution in [0.4, 0.5) is 4.39 Å². The van der Waals surface area contributed by atoms with E-state index in [9.17, 15) is 9.18 Å². The molecule has 0 bridgehead atoms. The third-order valence-electron chi connectivity index (χ3n) is 1.96. The average molecular weight is 285 g/mol. The molecule has 4 heteroatoms. The summed E-state index contributed by atoms with van der Waals surface area (Å²) in [7, 11) is 0. The minimum atomic E-state index is -0.491. The second-order valence-corrected chi connectivity index (χ2v) is 4.66. The Morgan fingerprint density at radius 1 is 1.33 bits per heavy atom. The lowest BCUT2D eigenvalue weighted by atomic mass is 10.1. The molecule has 0 aliphatic rings. The van der Waals surface area contributed by atoms with E-state index in [4.69, 9.17) is 0 Å². The maximum atomic E-state index is 13.4. The van der Waals surface area contributed by atoms with Gasteiger partial charge in [0.2, 0.25) is 0 Å². The second-order valence-electron chi connectivity index (χ2n) is 2.97. The second kappa shape index (κ2) is 4.24.